The summed E-state index contributed by atoms with van der Waals surface area (Å²) in [7, 11) is 2.86. The molecule has 2 aromatic heterocycles. The third-order valence-corrected chi connectivity index (χ3v) is 5.66. The molecule has 9 heteroatoms. The zero-order chi connectivity index (χ0) is 21.4. The number of aromatic nitrogens is 3. The van der Waals surface area contributed by atoms with Crippen LogP contribution in [0.1, 0.15) is 46.6 Å². The van der Waals surface area contributed by atoms with Crippen molar-refractivity contribution in [3.05, 3.63) is 85.3 Å². The molecular weight excluding hydrogens is 408 g/mol. The molecule has 1 aliphatic heterocycles. The van der Waals surface area contributed by atoms with Gasteiger partial charge in [-0.3, -0.25) is 18.7 Å². The van der Waals surface area contributed by atoms with E-state index in [2.05, 4.69) is 4.98 Å². The van der Waals surface area contributed by atoms with Gasteiger partial charge in [0, 0.05) is 38.1 Å². The predicted octanol–water partition coefficient (Wildman–Crippen LogP) is 2.29. The van der Waals surface area contributed by atoms with Crippen molar-refractivity contribution in [3.63, 3.8) is 0 Å². The molecule has 8 nitrogen and oxygen atoms in total. The summed E-state index contributed by atoms with van der Waals surface area (Å²) in [5.41, 5.74) is 0.0427. The van der Waals surface area contributed by atoms with Crippen LogP contribution in [-0.2, 0) is 20.5 Å². The van der Waals surface area contributed by atoms with E-state index >= 15 is 0 Å². The van der Waals surface area contributed by atoms with E-state index in [9.17, 15) is 14.4 Å². The van der Waals surface area contributed by atoms with Gasteiger partial charge in [0.25, 0.3) is 11.5 Å². The lowest BCUT2D eigenvalue weighted by molar-refractivity contribution is 0.0702. The van der Waals surface area contributed by atoms with E-state index in [4.69, 9.17) is 16.0 Å². The number of carbonyl (C=O) groups excluding carboxylic acids is 1. The summed E-state index contributed by atoms with van der Waals surface area (Å²) in [5, 5.41) is 0.669. The smallest absolute Gasteiger partial charge is 0.331 e. The fraction of sp³-hybridized carbons (Fsp3) is 0.333. The van der Waals surface area contributed by atoms with Crippen LogP contribution < -0.4 is 11.2 Å². The number of carbonyl (C=O) groups is 1. The largest absolute Gasteiger partial charge is 0.443 e. The van der Waals surface area contributed by atoms with Gasteiger partial charge in [0.05, 0.1) is 6.20 Å². The molecule has 0 aliphatic carbocycles. The zero-order valence-corrected chi connectivity index (χ0v) is 17.4. The third-order valence-electron chi connectivity index (χ3n) is 5.41. The van der Waals surface area contributed by atoms with Crippen LogP contribution in [-0.4, -0.2) is 31.5 Å². The molecule has 1 saturated heterocycles. The summed E-state index contributed by atoms with van der Waals surface area (Å²) < 4.78 is 8.11. The molecule has 0 saturated carbocycles. The van der Waals surface area contributed by atoms with Gasteiger partial charge in [0.1, 0.15) is 17.5 Å². The molecule has 4 rings (SSSR count). The van der Waals surface area contributed by atoms with Crippen molar-refractivity contribution < 1.29 is 9.21 Å². The minimum atomic E-state index is -0.539. The fourth-order valence-electron chi connectivity index (χ4n) is 3.71. The van der Waals surface area contributed by atoms with E-state index in [1.54, 1.807) is 11.1 Å². The topological polar surface area (TPSA) is 90.3 Å². The van der Waals surface area contributed by atoms with Gasteiger partial charge < -0.3 is 9.32 Å². The molecule has 0 unspecified atom stereocenters. The quantitative estimate of drug-likeness (QED) is 0.636. The maximum Gasteiger partial charge on any atom is 0.331 e. The third kappa shape index (κ3) is 3.70. The Morgan fingerprint density at radius 2 is 1.93 bits per heavy atom. The number of amides is 1. The summed E-state index contributed by atoms with van der Waals surface area (Å²) in [6.45, 7) is 0.502. The standard InChI is InChI=1S/C21H21ClN4O4/c1-24-17(11-18(27)25(2)21(24)29)20(28)26-9-3-4-16(26)19-23-12-15(30-19)10-13-5-7-14(22)8-6-13/h5-8,11-12,16H,3-4,9-10H2,1-2H3/t16-/m1/s1. The first-order chi connectivity index (χ1) is 14.3. The highest BCUT2D eigenvalue weighted by Crippen LogP contribution is 2.33. The minimum absolute atomic E-state index is 0.0583. The molecule has 1 aromatic carbocycles. The van der Waals surface area contributed by atoms with Crippen LogP contribution in [0.3, 0.4) is 0 Å². The van der Waals surface area contributed by atoms with Crippen molar-refractivity contribution in [2.24, 2.45) is 14.1 Å². The van der Waals surface area contributed by atoms with Crippen molar-refractivity contribution >= 4 is 17.5 Å². The van der Waals surface area contributed by atoms with Gasteiger partial charge in [-0.1, -0.05) is 23.7 Å². The summed E-state index contributed by atoms with van der Waals surface area (Å²) in [6, 6.07) is 8.34. The second-order valence-corrected chi connectivity index (χ2v) is 7.83. The van der Waals surface area contributed by atoms with Crippen LogP contribution in [0.4, 0.5) is 0 Å². The summed E-state index contributed by atoms with van der Waals surface area (Å²) in [6.07, 6.45) is 3.71. The Hall–Kier alpha value is -3.13. The van der Waals surface area contributed by atoms with E-state index < -0.39 is 11.2 Å². The van der Waals surface area contributed by atoms with Crippen LogP contribution in [0.2, 0.25) is 5.02 Å². The number of hydrogen-bond donors (Lipinski definition) is 0. The number of rotatable bonds is 4. The lowest BCUT2D eigenvalue weighted by atomic mass is 10.1. The van der Waals surface area contributed by atoms with Gasteiger partial charge in [-0.15, -0.1) is 0 Å². The van der Waals surface area contributed by atoms with Crippen LogP contribution in [0, 0.1) is 0 Å². The molecule has 156 valence electrons. The molecule has 1 amide bonds. The van der Waals surface area contributed by atoms with E-state index in [1.807, 2.05) is 24.3 Å². The number of benzene rings is 1. The zero-order valence-electron chi connectivity index (χ0n) is 16.7. The summed E-state index contributed by atoms with van der Waals surface area (Å²) in [5.74, 6) is 0.763. The van der Waals surface area contributed by atoms with Gasteiger partial charge in [-0.25, -0.2) is 9.78 Å². The second kappa shape index (κ2) is 7.95. The Kier molecular flexibility index (Phi) is 5.34. The van der Waals surface area contributed by atoms with Gasteiger partial charge >= 0.3 is 5.69 Å². The molecule has 0 radical (unpaired) electrons. The monoisotopic (exact) mass is 428 g/mol. The summed E-state index contributed by atoms with van der Waals surface area (Å²) >= 11 is 5.92. The molecule has 1 fully saturated rings. The van der Waals surface area contributed by atoms with E-state index in [-0.39, 0.29) is 17.6 Å². The normalized spacial score (nSPS) is 16.2. The molecular formula is C21H21ClN4O4. The van der Waals surface area contributed by atoms with Gasteiger partial charge in [0.15, 0.2) is 0 Å². The molecule has 3 heterocycles. The number of hydrogen-bond acceptors (Lipinski definition) is 5. The Bertz CT molecular complexity index is 1210. The van der Waals surface area contributed by atoms with Gasteiger partial charge in [0.2, 0.25) is 5.89 Å². The van der Waals surface area contributed by atoms with E-state index in [1.165, 1.54) is 24.7 Å². The lowest BCUT2D eigenvalue weighted by Crippen LogP contribution is -2.42. The number of halogens is 1. The maximum absolute atomic E-state index is 13.1. The van der Waals surface area contributed by atoms with Crippen LogP contribution in [0.5, 0.6) is 0 Å². The number of nitrogens with zero attached hydrogens (tertiary/aromatic N) is 4. The SMILES string of the molecule is Cn1c(C(=O)N2CCC[C@@H]2c2ncc(Cc3ccc(Cl)cc3)o2)cc(=O)n(C)c1=O. The number of oxazole rings is 1. The molecule has 3 aromatic rings. The van der Waals surface area contributed by atoms with Gasteiger partial charge in [-0.2, -0.15) is 0 Å². The Morgan fingerprint density at radius 3 is 2.67 bits per heavy atom. The molecule has 0 spiro atoms. The average Bonchev–Trinajstić information content (AvgIpc) is 3.39. The molecule has 1 aliphatic rings. The highest BCUT2D eigenvalue weighted by atomic mass is 35.5. The predicted molar refractivity (Wildman–Crippen MR) is 111 cm³/mol. The van der Waals surface area contributed by atoms with E-state index in [0.717, 1.165) is 16.6 Å². The molecule has 1 atom stereocenters. The van der Waals surface area contributed by atoms with Crippen LogP contribution >= 0.6 is 11.6 Å². The average molecular weight is 429 g/mol. The molecule has 0 bridgehead atoms. The summed E-state index contributed by atoms with van der Waals surface area (Å²) in [4.78, 5) is 43.4. The first-order valence-electron chi connectivity index (χ1n) is 9.62. The molecule has 30 heavy (non-hydrogen) atoms. The van der Waals surface area contributed by atoms with Crippen LogP contribution in [0.15, 0.2) is 50.5 Å². The Labute approximate surface area is 177 Å². The van der Waals surface area contributed by atoms with Crippen molar-refractivity contribution in [3.8, 4) is 0 Å². The van der Waals surface area contributed by atoms with Crippen molar-refractivity contribution in [1.29, 1.82) is 0 Å². The first-order valence-corrected chi connectivity index (χ1v) is 10.00. The fourth-order valence-corrected chi connectivity index (χ4v) is 3.84. The van der Waals surface area contributed by atoms with Gasteiger partial charge in [-0.05, 0) is 30.5 Å². The molecule has 0 N–H and O–H groups in total. The first kappa shape index (κ1) is 20.2. The number of likely N-dealkylation sites (tertiary alicyclic amines) is 1. The lowest BCUT2D eigenvalue weighted by Gasteiger charge is -2.23. The Morgan fingerprint density at radius 1 is 1.20 bits per heavy atom. The maximum atomic E-state index is 13.1. The van der Waals surface area contributed by atoms with Crippen molar-refractivity contribution in [1.82, 2.24) is 19.0 Å². The van der Waals surface area contributed by atoms with Crippen molar-refractivity contribution in [2.75, 3.05) is 6.54 Å². The highest BCUT2D eigenvalue weighted by Gasteiger charge is 2.35. The van der Waals surface area contributed by atoms with Crippen LogP contribution in [0.25, 0.3) is 0 Å². The minimum Gasteiger partial charge on any atom is -0.443 e. The highest BCUT2D eigenvalue weighted by molar-refractivity contribution is 6.30. The van der Waals surface area contributed by atoms with E-state index in [0.29, 0.717) is 36.1 Å². The Balaban J connectivity index is 1.58. The van der Waals surface area contributed by atoms with Crippen molar-refractivity contribution in [2.45, 2.75) is 25.3 Å². The second-order valence-electron chi connectivity index (χ2n) is 7.39.